The SMILES string of the molecule is CC(C)(C)C(NC(=O)Cn1ccc([N+](=O)[O-])n1)C(=O)O. The number of rotatable bonds is 5. The minimum Gasteiger partial charge on any atom is -0.480 e. The number of nitrogens with one attached hydrogen (secondary N) is 1. The molecule has 1 aromatic rings. The van der Waals surface area contributed by atoms with Gasteiger partial charge in [0.1, 0.15) is 12.6 Å². The van der Waals surface area contributed by atoms with E-state index in [1.165, 1.54) is 6.20 Å². The summed E-state index contributed by atoms with van der Waals surface area (Å²) in [6.07, 6.45) is 1.28. The van der Waals surface area contributed by atoms with Crippen molar-refractivity contribution < 1.29 is 19.6 Å². The Morgan fingerprint density at radius 3 is 2.55 bits per heavy atom. The molecule has 0 saturated carbocycles. The smallest absolute Gasteiger partial charge is 0.389 e. The molecule has 1 aromatic heterocycles. The monoisotopic (exact) mass is 284 g/mol. The lowest BCUT2D eigenvalue weighted by Crippen LogP contribution is -2.50. The highest BCUT2D eigenvalue weighted by atomic mass is 16.6. The maximum absolute atomic E-state index is 11.7. The van der Waals surface area contributed by atoms with Gasteiger partial charge in [-0.3, -0.25) is 4.79 Å². The normalized spacial score (nSPS) is 12.8. The van der Waals surface area contributed by atoms with Crippen molar-refractivity contribution >= 4 is 17.7 Å². The van der Waals surface area contributed by atoms with Crippen LogP contribution in [-0.2, 0) is 16.1 Å². The summed E-state index contributed by atoms with van der Waals surface area (Å²) in [6, 6.07) is 0.103. The van der Waals surface area contributed by atoms with Crippen LogP contribution in [0.2, 0.25) is 0 Å². The van der Waals surface area contributed by atoms with E-state index in [0.29, 0.717) is 0 Å². The molecule has 9 heteroatoms. The molecule has 9 nitrogen and oxygen atoms in total. The van der Waals surface area contributed by atoms with Gasteiger partial charge in [-0.2, -0.15) is 4.68 Å². The van der Waals surface area contributed by atoms with Gasteiger partial charge in [-0.15, -0.1) is 0 Å². The van der Waals surface area contributed by atoms with E-state index in [2.05, 4.69) is 10.4 Å². The van der Waals surface area contributed by atoms with Crippen molar-refractivity contribution in [2.24, 2.45) is 5.41 Å². The Morgan fingerprint density at radius 2 is 2.15 bits per heavy atom. The maximum Gasteiger partial charge on any atom is 0.389 e. The number of carboxylic acid groups (broad SMARTS) is 1. The molecule has 0 fully saturated rings. The number of hydrogen-bond donors (Lipinski definition) is 2. The molecular formula is C11H16N4O5. The van der Waals surface area contributed by atoms with Crippen molar-refractivity contribution in [1.82, 2.24) is 15.1 Å². The minimum absolute atomic E-state index is 0.284. The van der Waals surface area contributed by atoms with Gasteiger partial charge in [0.25, 0.3) is 0 Å². The molecule has 0 aromatic carbocycles. The molecule has 0 aliphatic carbocycles. The summed E-state index contributed by atoms with van der Waals surface area (Å²) in [5, 5.41) is 25.5. The van der Waals surface area contributed by atoms with E-state index >= 15 is 0 Å². The fourth-order valence-electron chi connectivity index (χ4n) is 1.54. The van der Waals surface area contributed by atoms with Crippen molar-refractivity contribution in [2.75, 3.05) is 0 Å². The highest BCUT2D eigenvalue weighted by Gasteiger charge is 2.32. The lowest BCUT2D eigenvalue weighted by atomic mass is 9.87. The third-order valence-corrected chi connectivity index (χ3v) is 2.54. The molecule has 2 N–H and O–H groups in total. The summed E-state index contributed by atoms with van der Waals surface area (Å²) in [5.74, 6) is -2.09. The summed E-state index contributed by atoms with van der Waals surface area (Å²) < 4.78 is 1.08. The second kappa shape index (κ2) is 5.68. The van der Waals surface area contributed by atoms with Gasteiger partial charge < -0.3 is 20.5 Å². The molecule has 1 atom stereocenters. The largest absolute Gasteiger partial charge is 0.480 e. The van der Waals surface area contributed by atoms with Crippen LogP contribution in [0, 0.1) is 15.5 Å². The first-order valence-electron chi connectivity index (χ1n) is 5.81. The number of nitrogens with zero attached hydrogens (tertiary/aromatic N) is 3. The number of nitro groups is 1. The summed E-state index contributed by atoms with van der Waals surface area (Å²) in [4.78, 5) is 32.6. The van der Waals surface area contributed by atoms with Gasteiger partial charge >= 0.3 is 11.8 Å². The van der Waals surface area contributed by atoms with Crippen LogP contribution in [0.15, 0.2) is 12.3 Å². The van der Waals surface area contributed by atoms with E-state index in [1.807, 2.05) is 0 Å². The second-order valence-electron chi connectivity index (χ2n) is 5.33. The van der Waals surface area contributed by atoms with Gasteiger partial charge in [0.05, 0.1) is 17.4 Å². The predicted octanol–water partition coefficient (Wildman–Crippen LogP) is 0.407. The van der Waals surface area contributed by atoms with E-state index in [1.54, 1.807) is 20.8 Å². The standard InChI is InChI=1S/C11H16N4O5/c1-11(2,3)9(10(17)18)12-8(16)6-14-5-4-7(13-14)15(19)20/h4-5,9H,6H2,1-3H3,(H,12,16)(H,17,18). The second-order valence-corrected chi connectivity index (χ2v) is 5.33. The number of carboxylic acids is 1. The minimum atomic E-state index is -1.14. The molecule has 0 bridgehead atoms. The first-order valence-corrected chi connectivity index (χ1v) is 5.81. The van der Waals surface area contributed by atoms with Gasteiger partial charge in [-0.1, -0.05) is 20.8 Å². The van der Waals surface area contributed by atoms with Crippen LogP contribution in [0.25, 0.3) is 0 Å². The molecule has 0 radical (unpaired) electrons. The van der Waals surface area contributed by atoms with E-state index in [9.17, 15) is 19.7 Å². The molecule has 110 valence electrons. The number of carbonyl (C=O) groups excluding carboxylic acids is 1. The van der Waals surface area contributed by atoms with E-state index in [0.717, 1.165) is 10.7 Å². The van der Waals surface area contributed by atoms with Crippen LogP contribution in [0.1, 0.15) is 20.8 Å². The summed E-state index contributed by atoms with van der Waals surface area (Å²) in [7, 11) is 0. The summed E-state index contributed by atoms with van der Waals surface area (Å²) in [5.41, 5.74) is -0.655. The van der Waals surface area contributed by atoms with E-state index < -0.39 is 28.3 Å². The van der Waals surface area contributed by atoms with Crippen LogP contribution >= 0.6 is 0 Å². The highest BCUT2D eigenvalue weighted by Crippen LogP contribution is 2.19. The number of carbonyl (C=O) groups is 2. The Kier molecular flexibility index (Phi) is 4.43. The molecule has 0 saturated heterocycles. The number of amides is 1. The fraction of sp³-hybridized carbons (Fsp3) is 0.545. The molecular weight excluding hydrogens is 268 g/mol. The Labute approximate surface area is 114 Å². The fourth-order valence-corrected chi connectivity index (χ4v) is 1.54. The van der Waals surface area contributed by atoms with Crippen molar-refractivity contribution in [3.63, 3.8) is 0 Å². The lowest BCUT2D eigenvalue weighted by Gasteiger charge is -2.27. The summed E-state index contributed by atoms with van der Waals surface area (Å²) >= 11 is 0. The van der Waals surface area contributed by atoms with Gasteiger partial charge in [0.15, 0.2) is 0 Å². The quantitative estimate of drug-likeness (QED) is 0.595. The van der Waals surface area contributed by atoms with Gasteiger partial charge in [-0.05, 0) is 10.3 Å². The van der Waals surface area contributed by atoms with Crippen molar-refractivity contribution in [3.8, 4) is 0 Å². The molecule has 0 aliphatic rings. The zero-order valence-corrected chi connectivity index (χ0v) is 11.4. The van der Waals surface area contributed by atoms with Crippen molar-refractivity contribution in [2.45, 2.75) is 33.4 Å². The Bertz CT molecular complexity index is 531. The van der Waals surface area contributed by atoms with Crippen LogP contribution < -0.4 is 5.32 Å². The Morgan fingerprint density at radius 1 is 1.55 bits per heavy atom. The Balaban J connectivity index is 2.71. The topological polar surface area (TPSA) is 127 Å². The molecule has 1 amide bonds. The van der Waals surface area contributed by atoms with Crippen molar-refractivity contribution in [1.29, 1.82) is 0 Å². The van der Waals surface area contributed by atoms with Gasteiger partial charge in [0, 0.05) is 0 Å². The zero-order chi connectivity index (χ0) is 15.5. The van der Waals surface area contributed by atoms with E-state index in [-0.39, 0.29) is 12.4 Å². The van der Waals surface area contributed by atoms with Gasteiger partial charge in [0.2, 0.25) is 5.91 Å². The molecule has 20 heavy (non-hydrogen) atoms. The molecule has 0 aliphatic heterocycles. The van der Waals surface area contributed by atoms with Gasteiger partial charge in [-0.25, -0.2) is 4.79 Å². The maximum atomic E-state index is 11.7. The lowest BCUT2D eigenvalue weighted by molar-refractivity contribution is -0.389. The van der Waals surface area contributed by atoms with Crippen LogP contribution in [0.3, 0.4) is 0 Å². The first-order chi connectivity index (χ1) is 9.11. The predicted molar refractivity (Wildman–Crippen MR) is 67.9 cm³/mol. The van der Waals surface area contributed by atoms with Crippen molar-refractivity contribution in [3.05, 3.63) is 22.4 Å². The first kappa shape index (κ1) is 15.6. The van der Waals surface area contributed by atoms with Crippen LogP contribution in [-0.4, -0.2) is 37.7 Å². The Hall–Kier alpha value is -2.45. The summed E-state index contributed by atoms with van der Waals surface area (Å²) in [6.45, 7) is 4.77. The third kappa shape index (κ3) is 4.04. The molecule has 0 spiro atoms. The number of hydrogen-bond acceptors (Lipinski definition) is 5. The molecule has 1 heterocycles. The van der Waals surface area contributed by atoms with Crippen LogP contribution in [0.4, 0.5) is 5.82 Å². The molecule has 1 unspecified atom stereocenters. The number of aliphatic carboxylic acids is 1. The average molecular weight is 284 g/mol. The average Bonchev–Trinajstić information content (AvgIpc) is 2.72. The highest BCUT2D eigenvalue weighted by molar-refractivity contribution is 5.83. The third-order valence-electron chi connectivity index (χ3n) is 2.54. The molecule has 1 rings (SSSR count). The van der Waals surface area contributed by atoms with Crippen LogP contribution in [0.5, 0.6) is 0 Å². The number of aromatic nitrogens is 2. The van der Waals surface area contributed by atoms with E-state index in [4.69, 9.17) is 5.11 Å². The zero-order valence-electron chi connectivity index (χ0n) is 11.4.